The third-order valence-electron chi connectivity index (χ3n) is 3.41. The second-order valence-corrected chi connectivity index (χ2v) is 6.36. The molecule has 0 unspecified atom stereocenters. The van der Waals surface area contributed by atoms with Crippen LogP contribution in [0, 0.1) is 11.3 Å². The molecule has 0 saturated carbocycles. The number of rotatable bonds is 2. The second-order valence-electron chi connectivity index (χ2n) is 6.36. The molecule has 0 N–H and O–H groups in total. The van der Waals surface area contributed by atoms with Gasteiger partial charge in [-0.15, -0.1) is 0 Å². The molecule has 3 heteroatoms. The quantitative estimate of drug-likeness (QED) is 0.816. The smallest absolute Gasteiger partial charge is 0.254 e. The van der Waals surface area contributed by atoms with Crippen LogP contribution in [0.5, 0.6) is 0 Å². The Labute approximate surface area is 115 Å². The van der Waals surface area contributed by atoms with Gasteiger partial charge in [-0.1, -0.05) is 32.9 Å². The summed E-state index contributed by atoms with van der Waals surface area (Å²) >= 11 is 0. The summed E-state index contributed by atoms with van der Waals surface area (Å²) in [4.78, 5) is 13.8. The van der Waals surface area contributed by atoms with Gasteiger partial charge in [0.25, 0.3) is 5.91 Å². The van der Waals surface area contributed by atoms with Gasteiger partial charge < -0.3 is 4.90 Å². The maximum atomic E-state index is 12.3. The van der Waals surface area contributed by atoms with Crippen molar-refractivity contribution in [1.29, 1.82) is 5.26 Å². The van der Waals surface area contributed by atoms with Gasteiger partial charge in [-0.25, -0.2) is 0 Å². The highest BCUT2D eigenvalue weighted by atomic mass is 16.2. The van der Waals surface area contributed by atoms with E-state index in [9.17, 15) is 4.79 Å². The topological polar surface area (TPSA) is 44.1 Å². The van der Waals surface area contributed by atoms with E-state index in [1.807, 2.05) is 24.3 Å². The lowest BCUT2D eigenvalue weighted by molar-refractivity contribution is 0.0698. The average Bonchev–Trinajstić information content (AvgIpc) is 2.36. The summed E-state index contributed by atoms with van der Waals surface area (Å²) in [6.45, 7) is 9.86. The normalized spacial score (nSPS) is 11.8. The second kappa shape index (κ2) is 5.05. The first-order valence-corrected chi connectivity index (χ1v) is 6.39. The largest absolute Gasteiger partial charge is 0.324 e. The Morgan fingerprint density at radius 2 is 1.58 bits per heavy atom. The van der Waals surface area contributed by atoms with E-state index in [1.165, 1.54) is 10.5 Å². The van der Waals surface area contributed by atoms with Gasteiger partial charge in [0.05, 0.1) is 6.07 Å². The maximum absolute atomic E-state index is 12.3. The first kappa shape index (κ1) is 15.2. The summed E-state index contributed by atoms with van der Waals surface area (Å²) < 4.78 is 0. The summed E-state index contributed by atoms with van der Waals surface area (Å²) in [6, 6.07) is 9.73. The first-order valence-electron chi connectivity index (χ1n) is 6.39. The zero-order valence-corrected chi connectivity index (χ0v) is 12.6. The summed E-state index contributed by atoms with van der Waals surface area (Å²) in [5.41, 5.74) is 1.06. The van der Waals surface area contributed by atoms with Crippen LogP contribution in [0.25, 0.3) is 0 Å². The van der Waals surface area contributed by atoms with Crippen LogP contribution in [0.2, 0.25) is 0 Å². The van der Waals surface area contributed by atoms with Gasteiger partial charge in [0.1, 0.15) is 5.54 Å². The molecule has 1 aromatic carbocycles. The summed E-state index contributed by atoms with van der Waals surface area (Å²) in [5.74, 6) is -0.132. The van der Waals surface area contributed by atoms with E-state index in [-0.39, 0.29) is 11.3 Å². The first-order chi connectivity index (χ1) is 8.59. The van der Waals surface area contributed by atoms with E-state index in [4.69, 9.17) is 5.26 Å². The van der Waals surface area contributed by atoms with Crippen molar-refractivity contribution in [2.75, 3.05) is 7.05 Å². The number of hydrogen-bond donors (Lipinski definition) is 0. The van der Waals surface area contributed by atoms with E-state index >= 15 is 0 Å². The number of nitriles is 1. The van der Waals surface area contributed by atoms with E-state index < -0.39 is 5.54 Å². The lowest BCUT2D eigenvalue weighted by Crippen LogP contribution is -2.43. The van der Waals surface area contributed by atoms with Crippen molar-refractivity contribution >= 4 is 5.91 Å². The number of amides is 1. The van der Waals surface area contributed by atoms with Crippen LogP contribution in [0.1, 0.15) is 50.5 Å². The predicted molar refractivity (Wildman–Crippen MR) is 76.9 cm³/mol. The molecule has 3 nitrogen and oxygen atoms in total. The Bertz CT molecular complexity index is 501. The Morgan fingerprint density at radius 1 is 1.11 bits per heavy atom. The molecule has 0 aliphatic heterocycles. The molecular formula is C16H22N2O. The Kier molecular flexibility index (Phi) is 4.05. The zero-order chi connectivity index (χ0) is 14.8. The van der Waals surface area contributed by atoms with Crippen molar-refractivity contribution < 1.29 is 4.79 Å². The van der Waals surface area contributed by atoms with Gasteiger partial charge in [0.2, 0.25) is 0 Å². The number of nitrogens with zero attached hydrogens (tertiary/aromatic N) is 2. The lowest BCUT2D eigenvalue weighted by atomic mass is 9.86. The van der Waals surface area contributed by atoms with E-state index in [0.717, 1.165) is 0 Å². The molecule has 0 aromatic heterocycles. The summed E-state index contributed by atoms with van der Waals surface area (Å²) in [6.07, 6.45) is 0. The molecule has 0 aliphatic carbocycles. The molecule has 102 valence electrons. The molecule has 1 amide bonds. The van der Waals surface area contributed by atoms with Gasteiger partial charge in [0.15, 0.2) is 0 Å². The van der Waals surface area contributed by atoms with Gasteiger partial charge in [-0.3, -0.25) is 4.79 Å². The predicted octanol–water partition coefficient (Wildman–Crippen LogP) is 3.36. The average molecular weight is 258 g/mol. The van der Waals surface area contributed by atoms with E-state index in [1.54, 1.807) is 20.9 Å². The van der Waals surface area contributed by atoms with Crippen molar-refractivity contribution in [3.8, 4) is 6.07 Å². The zero-order valence-electron chi connectivity index (χ0n) is 12.6. The van der Waals surface area contributed by atoms with Crippen LogP contribution in [0.15, 0.2) is 24.3 Å². The minimum Gasteiger partial charge on any atom is -0.324 e. The Hall–Kier alpha value is -1.82. The Morgan fingerprint density at radius 3 is 1.95 bits per heavy atom. The van der Waals surface area contributed by atoms with Gasteiger partial charge in [0, 0.05) is 12.6 Å². The maximum Gasteiger partial charge on any atom is 0.254 e. The third-order valence-corrected chi connectivity index (χ3v) is 3.41. The molecule has 0 aliphatic rings. The number of benzene rings is 1. The Balaban J connectivity index is 3.00. The highest BCUT2D eigenvalue weighted by Gasteiger charge is 2.28. The number of carbonyl (C=O) groups is 1. The number of hydrogen-bond acceptors (Lipinski definition) is 2. The van der Waals surface area contributed by atoms with Gasteiger partial charge in [-0.05, 0) is 37.0 Å². The summed E-state index contributed by atoms with van der Waals surface area (Å²) in [5, 5.41) is 9.07. The monoisotopic (exact) mass is 258 g/mol. The van der Waals surface area contributed by atoms with Crippen LogP contribution >= 0.6 is 0 Å². The van der Waals surface area contributed by atoms with Crippen molar-refractivity contribution in [3.63, 3.8) is 0 Å². The van der Waals surface area contributed by atoms with Crippen LogP contribution in [-0.2, 0) is 5.41 Å². The molecular weight excluding hydrogens is 236 g/mol. The van der Waals surface area contributed by atoms with Gasteiger partial charge >= 0.3 is 0 Å². The molecule has 0 radical (unpaired) electrons. The molecule has 0 bridgehead atoms. The SMILES string of the molecule is CN(C(=O)c1ccc(C(C)(C)C)cc1)C(C)(C)C#N. The molecule has 19 heavy (non-hydrogen) atoms. The van der Waals surface area contributed by atoms with Crippen molar-refractivity contribution in [2.24, 2.45) is 0 Å². The van der Waals surface area contributed by atoms with Crippen LogP contribution < -0.4 is 0 Å². The molecule has 1 aromatic rings. The highest BCUT2D eigenvalue weighted by Crippen LogP contribution is 2.23. The van der Waals surface area contributed by atoms with E-state index in [2.05, 4.69) is 26.8 Å². The lowest BCUT2D eigenvalue weighted by Gasteiger charge is -2.29. The minimum absolute atomic E-state index is 0.0689. The standard InChI is InChI=1S/C16H22N2O/c1-15(2,3)13-9-7-12(8-10-13)14(19)18(6)16(4,5)11-17/h7-10H,1-6H3. The van der Waals surface area contributed by atoms with Crippen molar-refractivity contribution in [2.45, 2.75) is 45.6 Å². The number of carbonyl (C=O) groups excluding carboxylic acids is 1. The van der Waals surface area contributed by atoms with Crippen LogP contribution in [0.3, 0.4) is 0 Å². The molecule has 1 rings (SSSR count). The van der Waals surface area contributed by atoms with Crippen molar-refractivity contribution in [1.82, 2.24) is 4.90 Å². The fourth-order valence-corrected chi connectivity index (χ4v) is 1.64. The van der Waals surface area contributed by atoms with Gasteiger partial charge in [-0.2, -0.15) is 5.26 Å². The molecule has 0 saturated heterocycles. The summed E-state index contributed by atoms with van der Waals surface area (Å²) in [7, 11) is 1.66. The molecule has 0 heterocycles. The fraction of sp³-hybridized carbons (Fsp3) is 0.500. The fourth-order valence-electron chi connectivity index (χ4n) is 1.64. The highest BCUT2D eigenvalue weighted by molar-refractivity contribution is 5.94. The van der Waals surface area contributed by atoms with Crippen molar-refractivity contribution in [3.05, 3.63) is 35.4 Å². The van der Waals surface area contributed by atoms with E-state index in [0.29, 0.717) is 5.56 Å². The van der Waals surface area contributed by atoms with Crippen LogP contribution in [-0.4, -0.2) is 23.4 Å². The van der Waals surface area contributed by atoms with Crippen LogP contribution in [0.4, 0.5) is 0 Å². The molecule has 0 atom stereocenters. The minimum atomic E-state index is -0.806. The third kappa shape index (κ3) is 3.35. The molecule has 0 spiro atoms. The molecule has 0 fully saturated rings.